The number of carbonyl (C=O) groups is 1. The van der Waals surface area contributed by atoms with E-state index in [4.69, 9.17) is 4.74 Å². The molecule has 7 nitrogen and oxygen atoms in total. The first-order chi connectivity index (χ1) is 13.8. The number of piperidine rings is 1. The predicted octanol–water partition coefficient (Wildman–Crippen LogP) is 2.80. The largest absolute Gasteiger partial charge is 0.381 e. The van der Waals surface area contributed by atoms with Gasteiger partial charge in [0.1, 0.15) is 0 Å². The molecule has 0 spiro atoms. The maximum atomic E-state index is 12.5. The second-order valence-electron chi connectivity index (χ2n) is 7.23. The minimum absolute atomic E-state index is 0.153. The fraction of sp³-hybridized carbons (Fsp3) is 0.381. The number of methoxy groups -OCH3 is 1. The molecule has 0 aliphatic carbocycles. The van der Waals surface area contributed by atoms with Gasteiger partial charge in [-0.05, 0) is 61.4 Å². The normalized spacial score (nSPS) is 15.5. The van der Waals surface area contributed by atoms with Crippen LogP contribution in [0.25, 0.3) is 0 Å². The fourth-order valence-corrected chi connectivity index (χ4v) is 4.20. The number of anilines is 2. The first kappa shape index (κ1) is 21.3. The zero-order valence-electron chi connectivity index (χ0n) is 17.0. The molecule has 1 saturated heterocycles. The third-order valence-corrected chi connectivity index (χ3v) is 6.99. The number of nitrogens with one attached hydrogen (secondary N) is 1. The van der Waals surface area contributed by atoms with E-state index < -0.39 is 10.0 Å². The maximum absolute atomic E-state index is 12.5. The summed E-state index contributed by atoms with van der Waals surface area (Å²) in [7, 11) is 1.19. The SMILES string of the molecule is COC1CCN(c2ccc(NC(=O)c3ccc(S(=O)(=O)N(C)C)cc3)cc2)CC1. The maximum Gasteiger partial charge on any atom is 0.255 e. The van der Waals surface area contributed by atoms with E-state index in [2.05, 4.69) is 10.2 Å². The quantitative estimate of drug-likeness (QED) is 0.782. The summed E-state index contributed by atoms with van der Waals surface area (Å²) in [6, 6.07) is 13.7. The summed E-state index contributed by atoms with van der Waals surface area (Å²) in [4.78, 5) is 14.9. The molecule has 1 N–H and O–H groups in total. The predicted molar refractivity (Wildman–Crippen MR) is 114 cm³/mol. The molecule has 0 atom stereocenters. The molecule has 2 aromatic rings. The Morgan fingerprint density at radius 1 is 1.03 bits per heavy atom. The van der Waals surface area contributed by atoms with Crippen LogP contribution in [0.4, 0.5) is 11.4 Å². The lowest BCUT2D eigenvalue weighted by Gasteiger charge is -2.33. The molecule has 0 radical (unpaired) electrons. The van der Waals surface area contributed by atoms with Gasteiger partial charge in [0.05, 0.1) is 11.0 Å². The summed E-state index contributed by atoms with van der Waals surface area (Å²) in [6.07, 6.45) is 2.35. The van der Waals surface area contributed by atoms with Crippen molar-refractivity contribution in [2.75, 3.05) is 44.5 Å². The minimum Gasteiger partial charge on any atom is -0.381 e. The summed E-state index contributed by atoms with van der Waals surface area (Å²) in [5.41, 5.74) is 2.21. The van der Waals surface area contributed by atoms with Gasteiger partial charge < -0.3 is 15.0 Å². The average Bonchev–Trinajstić information content (AvgIpc) is 2.74. The van der Waals surface area contributed by atoms with E-state index in [0.29, 0.717) is 17.4 Å². The van der Waals surface area contributed by atoms with Crippen molar-refractivity contribution in [3.63, 3.8) is 0 Å². The standard InChI is InChI=1S/C21H27N3O4S/c1-23(2)29(26,27)20-10-4-16(5-11-20)21(25)22-17-6-8-18(9-7-17)24-14-12-19(28-3)13-15-24/h4-11,19H,12-15H2,1-3H3,(H,22,25). The van der Waals surface area contributed by atoms with Crippen LogP contribution in [0.3, 0.4) is 0 Å². The highest BCUT2D eigenvalue weighted by Gasteiger charge is 2.19. The van der Waals surface area contributed by atoms with Crippen molar-refractivity contribution in [3.05, 3.63) is 54.1 Å². The number of benzene rings is 2. The second-order valence-corrected chi connectivity index (χ2v) is 9.39. The molecule has 8 heteroatoms. The van der Waals surface area contributed by atoms with Crippen LogP contribution in [0.15, 0.2) is 53.4 Å². The van der Waals surface area contributed by atoms with Crippen LogP contribution >= 0.6 is 0 Å². The number of amides is 1. The molecule has 1 fully saturated rings. The Kier molecular flexibility index (Phi) is 6.56. The van der Waals surface area contributed by atoms with E-state index in [9.17, 15) is 13.2 Å². The number of nitrogens with zero attached hydrogens (tertiary/aromatic N) is 2. The van der Waals surface area contributed by atoms with Crippen molar-refractivity contribution in [3.8, 4) is 0 Å². The van der Waals surface area contributed by atoms with E-state index in [0.717, 1.165) is 35.9 Å². The number of hydrogen-bond donors (Lipinski definition) is 1. The molecule has 0 saturated carbocycles. The molecule has 1 aliphatic heterocycles. The summed E-state index contributed by atoms with van der Waals surface area (Å²) < 4.78 is 30.8. The van der Waals surface area contributed by atoms with Crippen LogP contribution in [0.2, 0.25) is 0 Å². The van der Waals surface area contributed by atoms with Crippen molar-refractivity contribution in [1.82, 2.24) is 4.31 Å². The van der Waals surface area contributed by atoms with Crippen molar-refractivity contribution in [2.45, 2.75) is 23.8 Å². The molecule has 1 heterocycles. The summed E-state index contributed by atoms with van der Waals surface area (Å²) in [6.45, 7) is 1.90. The smallest absolute Gasteiger partial charge is 0.255 e. The molecule has 2 aromatic carbocycles. The van der Waals surface area contributed by atoms with E-state index >= 15 is 0 Å². The van der Waals surface area contributed by atoms with Crippen molar-refractivity contribution in [1.29, 1.82) is 0 Å². The first-order valence-corrected chi connectivity index (χ1v) is 11.0. The Hall–Kier alpha value is -2.42. The van der Waals surface area contributed by atoms with Crippen LogP contribution in [0.1, 0.15) is 23.2 Å². The highest BCUT2D eigenvalue weighted by atomic mass is 32.2. The second kappa shape index (κ2) is 8.94. The highest BCUT2D eigenvalue weighted by molar-refractivity contribution is 7.89. The average molecular weight is 418 g/mol. The lowest BCUT2D eigenvalue weighted by Crippen LogP contribution is -2.36. The van der Waals surface area contributed by atoms with Gasteiger partial charge in [-0.2, -0.15) is 0 Å². The Morgan fingerprint density at radius 2 is 1.62 bits per heavy atom. The van der Waals surface area contributed by atoms with E-state index in [1.807, 2.05) is 24.3 Å². The zero-order valence-corrected chi connectivity index (χ0v) is 17.8. The Balaban J connectivity index is 1.62. The van der Waals surface area contributed by atoms with Crippen molar-refractivity contribution >= 4 is 27.3 Å². The zero-order chi connectivity index (χ0) is 21.0. The van der Waals surface area contributed by atoms with Crippen LogP contribution in [-0.4, -0.2) is 59.0 Å². The first-order valence-electron chi connectivity index (χ1n) is 9.53. The number of sulfonamides is 1. The van der Waals surface area contributed by atoms with Gasteiger partial charge in [-0.3, -0.25) is 4.79 Å². The summed E-state index contributed by atoms with van der Waals surface area (Å²) >= 11 is 0. The van der Waals surface area contributed by atoms with Crippen LogP contribution in [0, 0.1) is 0 Å². The lowest BCUT2D eigenvalue weighted by atomic mass is 10.1. The van der Waals surface area contributed by atoms with Gasteiger partial charge in [-0.1, -0.05) is 0 Å². The van der Waals surface area contributed by atoms with Gasteiger partial charge in [-0.25, -0.2) is 12.7 Å². The van der Waals surface area contributed by atoms with Gasteiger partial charge in [0.15, 0.2) is 0 Å². The molecule has 0 bridgehead atoms. The van der Waals surface area contributed by atoms with Gasteiger partial charge in [-0.15, -0.1) is 0 Å². The minimum atomic E-state index is -3.51. The van der Waals surface area contributed by atoms with Gasteiger partial charge >= 0.3 is 0 Å². The molecule has 0 aromatic heterocycles. The molecule has 29 heavy (non-hydrogen) atoms. The molecular formula is C21H27N3O4S. The summed E-state index contributed by atoms with van der Waals surface area (Å²) in [5.74, 6) is -0.285. The number of rotatable bonds is 6. The molecule has 0 unspecified atom stereocenters. The Morgan fingerprint density at radius 3 is 2.14 bits per heavy atom. The topological polar surface area (TPSA) is 79.0 Å². The molecule has 1 amide bonds. The van der Waals surface area contributed by atoms with Crippen molar-refractivity contribution in [2.24, 2.45) is 0 Å². The monoisotopic (exact) mass is 417 g/mol. The van der Waals surface area contributed by atoms with Crippen LogP contribution in [-0.2, 0) is 14.8 Å². The number of carbonyl (C=O) groups excluding carboxylic acids is 1. The number of ether oxygens (including phenoxy) is 1. The van der Waals surface area contributed by atoms with Gasteiger partial charge in [0, 0.05) is 51.2 Å². The van der Waals surface area contributed by atoms with E-state index in [1.54, 1.807) is 7.11 Å². The Bertz CT molecular complexity index is 933. The van der Waals surface area contributed by atoms with Crippen LogP contribution in [0.5, 0.6) is 0 Å². The number of hydrogen-bond acceptors (Lipinski definition) is 5. The third kappa shape index (κ3) is 4.95. The molecule has 3 rings (SSSR count). The highest BCUT2D eigenvalue weighted by Crippen LogP contribution is 2.23. The van der Waals surface area contributed by atoms with E-state index in [-0.39, 0.29) is 10.8 Å². The third-order valence-electron chi connectivity index (χ3n) is 5.16. The van der Waals surface area contributed by atoms with Gasteiger partial charge in [0.25, 0.3) is 5.91 Å². The van der Waals surface area contributed by atoms with Gasteiger partial charge in [0.2, 0.25) is 10.0 Å². The lowest BCUT2D eigenvalue weighted by molar-refractivity contribution is 0.0819. The van der Waals surface area contributed by atoms with Crippen LogP contribution < -0.4 is 10.2 Å². The molecule has 156 valence electrons. The van der Waals surface area contributed by atoms with E-state index in [1.165, 1.54) is 38.4 Å². The molecular weight excluding hydrogens is 390 g/mol. The fourth-order valence-electron chi connectivity index (χ4n) is 3.30. The summed E-state index contributed by atoms with van der Waals surface area (Å²) in [5, 5.41) is 2.85. The molecule has 1 aliphatic rings. The van der Waals surface area contributed by atoms with Crippen molar-refractivity contribution < 1.29 is 17.9 Å². The Labute approximate surface area is 172 Å².